The van der Waals surface area contributed by atoms with E-state index in [2.05, 4.69) is 26.1 Å². The van der Waals surface area contributed by atoms with E-state index in [-0.39, 0.29) is 0 Å². The summed E-state index contributed by atoms with van der Waals surface area (Å²) in [6.45, 7) is 4.53. The van der Waals surface area contributed by atoms with Crippen LogP contribution in [0.2, 0.25) is 0 Å². The normalized spacial score (nSPS) is 28.4. The zero-order valence-electron chi connectivity index (χ0n) is 12.4. The van der Waals surface area contributed by atoms with Gasteiger partial charge in [-0.15, -0.1) is 10.2 Å². The molecule has 4 saturated heterocycles. The standard InChI is InChI=1S/C15H23N5O/c16-8-13-14(19-4-2-1-3-5-19)7-15(18-17-13)20-9-11-6-12(10-20)21-11/h7,11-12H,1-6,8-10,16H2. The Morgan fingerprint density at radius 1 is 1.10 bits per heavy atom. The first kappa shape index (κ1) is 13.3. The Bertz CT molecular complexity index is 501. The number of anilines is 2. The third-order valence-corrected chi connectivity index (χ3v) is 4.81. The van der Waals surface area contributed by atoms with Crippen LogP contribution in [0.25, 0.3) is 0 Å². The molecule has 0 amide bonds. The number of ether oxygens (including phenoxy) is 1. The fourth-order valence-electron chi connectivity index (χ4n) is 3.65. The highest BCUT2D eigenvalue weighted by atomic mass is 16.5. The fourth-order valence-corrected chi connectivity index (χ4v) is 3.65. The predicted molar refractivity (Wildman–Crippen MR) is 81.5 cm³/mol. The molecule has 2 atom stereocenters. The van der Waals surface area contributed by atoms with Gasteiger partial charge in [0.25, 0.3) is 0 Å². The minimum Gasteiger partial charge on any atom is -0.371 e. The number of hydrogen-bond donors (Lipinski definition) is 1. The zero-order valence-corrected chi connectivity index (χ0v) is 12.4. The van der Waals surface area contributed by atoms with Gasteiger partial charge in [-0.2, -0.15) is 0 Å². The molecule has 0 aliphatic carbocycles. The first-order chi connectivity index (χ1) is 10.3. The number of nitrogens with two attached hydrogens (primary N) is 1. The van der Waals surface area contributed by atoms with Crippen LogP contribution in [-0.4, -0.2) is 48.6 Å². The molecule has 0 radical (unpaired) electrons. The van der Waals surface area contributed by atoms with Crippen LogP contribution in [0.4, 0.5) is 11.5 Å². The number of fused-ring (bicyclic) bond motifs is 2. The van der Waals surface area contributed by atoms with Crippen LogP contribution >= 0.6 is 0 Å². The maximum absolute atomic E-state index is 5.85. The largest absolute Gasteiger partial charge is 0.371 e. The van der Waals surface area contributed by atoms with Gasteiger partial charge in [0, 0.05) is 45.2 Å². The van der Waals surface area contributed by atoms with Crippen molar-refractivity contribution in [1.82, 2.24) is 10.2 Å². The number of hydrogen-bond acceptors (Lipinski definition) is 6. The molecule has 0 saturated carbocycles. The Labute approximate surface area is 125 Å². The number of nitrogens with zero attached hydrogens (tertiary/aromatic N) is 4. The second-order valence-electron chi connectivity index (χ2n) is 6.31. The van der Waals surface area contributed by atoms with E-state index in [9.17, 15) is 0 Å². The van der Waals surface area contributed by atoms with Crippen LogP contribution in [0.3, 0.4) is 0 Å². The topological polar surface area (TPSA) is 67.5 Å². The van der Waals surface area contributed by atoms with Gasteiger partial charge in [0.1, 0.15) is 5.69 Å². The van der Waals surface area contributed by atoms with Gasteiger partial charge in [0.2, 0.25) is 0 Å². The van der Waals surface area contributed by atoms with E-state index >= 15 is 0 Å². The van der Waals surface area contributed by atoms with E-state index in [1.165, 1.54) is 31.4 Å². The van der Waals surface area contributed by atoms with Gasteiger partial charge >= 0.3 is 0 Å². The Kier molecular flexibility index (Phi) is 3.43. The molecule has 21 heavy (non-hydrogen) atoms. The van der Waals surface area contributed by atoms with Crippen molar-refractivity contribution in [2.24, 2.45) is 5.73 Å². The lowest BCUT2D eigenvalue weighted by molar-refractivity contribution is -0.133. The molecule has 2 unspecified atom stereocenters. The highest BCUT2D eigenvalue weighted by Crippen LogP contribution is 2.32. The molecule has 4 fully saturated rings. The molecule has 1 aromatic rings. The van der Waals surface area contributed by atoms with Gasteiger partial charge in [-0.05, 0) is 19.3 Å². The molecule has 4 aliphatic rings. The van der Waals surface area contributed by atoms with Gasteiger partial charge in [0.05, 0.1) is 17.9 Å². The van der Waals surface area contributed by atoms with Crippen LogP contribution in [0.5, 0.6) is 0 Å². The van der Waals surface area contributed by atoms with Gasteiger partial charge in [-0.3, -0.25) is 0 Å². The number of aromatic nitrogens is 2. The van der Waals surface area contributed by atoms with Crippen LogP contribution in [0.1, 0.15) is 31.4 Å². The summed E-state index contributed by atoms with van der Waals surface area (Å²) in [7, 11) is 0. The summed E-state index contributed by atoms with van der Waals surface area (Å²) in [5, 5.41) is 8.79. The van der Waals surface area contributed by atoms with Gasteiger partial charge in [-0.25, -0.2) is 0 Å². The highest BCUT2D eigenvalue weighted by Gasteiger charge is 2.39. The second kappa shape index (κ2) is 5.42. The second-order valence-corrected chi connectivity index (χ2v) is 6.31. The molecule has 1 aromatic heterocycles. The molecular weight excluding hydrogens is 266 g/mol. The monoisotopic (exact) mass is 289 g/mol. The molecule has 6 heteroatoms. The molecule has 0 spiro atoms. The lowest BCUT2D eigenvalue weighted by Crippen LogP contribution is -2.57. The van der Waals surface area contributed by atoms with Gasteiger partial charge < -0.3 is 20.3 Å². The molecule has 4 aliphatic heterocycles. The van der Waals surface area contributed by atoms with Crippen molar-refractivity contribution < 1.29 is 4.74 Å². The predicted octanol–water partition coefficient (Wildman–Crippen LogP) is 0.903. The molecule has 6 nitrogen and oxygen atoms in total. The molecule has 5 heterocycles. The average molecular weight is 289 g/mol. The summed E-state index contributed by atoms with van der Waals surface area (Å²) in [6.07, 6.45) is 5.81. The SMILES string of the molecule is NCc1nnc(N2CC3CC(C2)O3)cc1N1CCCCC1. The van der Waals surface area contributed by atoms with Crippen molar-refractivity contribution in [2.75, 3.05) is 36.0 Å². The van der Waals surface area contributed by atoms with Crippen molar-refractivity contribution in [3.63, 3.8) is 0 Å². The van der Waals surface area contributed by atoms with E-state index < -0.39 is 0 Å². The van der Waals surface area contributed by atoms with E-state index in [1.54, 1.807) is 0 Å². The van der Waals surface area contributed by atoms with Gasteiger partial charge in [0.15, 0.2) is 5.82 Å². The maximum atomic E-state index is 5.85. The Hall–Kier alpha value is -1.40. The van der Waals surface area contributed by atoms with Crippen LogP contribution in [-0.2, 0) is 11.3 Å². The molecule has 114 valence electrons. The lowest BCUT2D eigenvalue weighted by Gasteiger charge is -2.47. The lowest BCUT2D eigenvalue weighted by atomic mass is 9.99. The third-order valence-electron chi connectivity index (χ3n) is 4.81. The Morgan fingerprint density at radius 3 is 2.48 bits per heavy atom. The quantitative estimate of drug-likeness (QED) is 0.892. The van der Waals surface area contributed by atoms with Gasteiger partial charge in [-0.1, -0.05) is 0 Å². The van der Waals surface area contributed by atoms with Crippen molar-refractivity contribution in [2.45, 2.75) is 44.4 Å². The molecule has 0 aromatic carbocycles. The van der Waals surface area contributed by atoms with E-state index in [1.807, 2.05) is 0 Å². The Balaban J connectivity index is 1.60. The summed E-state index contributed by atoms with van der Waals surface area (Å²) in [6, 6.07) is 2.19. The zero-order chi connectivity index (χ0) is 14.2. The maximum Gasteiger partial charge on any atom is 0.153 e. The average Bonchev–Trinajstić information content (AvgIpc) is 2.54. The molecule has 5 rings (SSSR count). The summed E-state index contributed by atoms with van der Waals surface area (Å²) in [4.78, 5) is 4.73. The third kappa shape index (κ3) is 2.46. The smallest absolute Gasteiger partial charge is 0.153 e. The fraction of sp³-hybridized carbons (Fsp3) is 0.733. The highest BCUT2D eigenvalue weighted by molar-refractivity contribution is 5.58. The van der Waals surface area contributed by atoms with Crippen molar-refractivity contribution >= 4 is 11.5 Å². The van der Waals surface area contributed by atoms with E-state index in [4.69, 9.17) is 10.5 Å². The summed E-state index contributed by atoms with van der Waals surface area (Å²) in [5.41, 5.74) is 7.95. The van der Waals surface area contributed by atoms with Crippen LogP contribution in [0.15, 0.2) is 6.07 Å². The minimum atomic E-state index is 0.387. The van der Waals surface area contributed by atoms with E-state index in [0.717, 1.165) is 37.7 Å². The molecule has 2 bridgehead atoms. The first-order valence-corrected chi connectivity index (χ1v) is 8.05. The number of morpholine rings is 1. The first-order valence-electron chi connectivity index (χ1n) is 8.05. The van der Waals surface area contributed by atoms with Crippen molar-refractivity contribution in [3.8, 4) is 0 Å². The molecule has 2 N–H and O–H groups in total. The van der Waals surface area contributed by atoms with Crippen LogP contribution in [0, 0.1) is 0 Å². The van der Waals surface area contributed by atoms with E-state index in [0.29, 0.717) is 18.8 Å². The summed E-state index contributed by atoms with van der Waals surface area (Å²) >= 11 is 0. The Morgan fingerprint density at radius 2 is 1.81 bits per heavy atom. The van der Waals surface area contributed by atoms with Crippen molar-refractivity contribution in [1.29, 1.82) is 0 Å². The van der Waals surface area contributed by atoms with Crippen LogP contribution < -0.4 is 15.5 Å². The number of piperidine rings is 2. The number of rotatable bonds is 3. The summed E-state index contributed by atoms with van der Waals surface area (Å²) < 4.78 is 5.70. The summed E-state index contributed by atoms with van der Waals surface area (Å²) in [5.74, 6) is 0.978. The molecular formula is C15H23N5O. The minimum absolute atomic E-state index is 0.387. The van der Waals surface area contributed by atoms with Crippen molar-refractivity contribution in [3.05, 3.63) is 11.8 Å².